The molecule has 0 saturated carbocycles. The Balaban J connectivity index is 2.67. The number of amides is 1. The fourth-order valence-electron chi connectivity index (χ4n) is 1.80. The summed E-state index contributed by atoms with van der Waals surface area (Å²) in [4.78, 5) is 11.8. The molecule has 1 aromatic carbocycles. The maximum atomic E-state index is 11.8. The standard InChI is InChI=1S/C14H22N2O3/c1-4-5-10(15)6-14(17)16-11-7-12(18-2)9-13(8-11)19-3/h7-10H,4-6,15H2,1-3H3,(H,16,17). The Morgan fingerprint density at radius 3 is 2.32 bits per heavy atom. The number of nitrogens with one attached hydrogen (secondary N) is 1. The van der Waals surface area contributed by atoms with Crippen molar-refractivity contribution in [1.29, 1.82) is 0 Å². The van der Waals surface area contributed by atoms with E-state index in [0.29, 0.717) is 23.6 Å². The quantitative estimate of drug-likeness (QED) is 0.793. The molecule has 1 rings (SSSR count). The summed E-state index contributed by atoms with van der Waals surface area (Å²) >= 11 is 0. The van der Waals surface area contributed by atoms with Crippen LogP contribution in [0.3, 0.4) is 0 Å². The van der Waals surface area contributed by atoms with Crippen LogP contribution in [0, 0.1) is 0 Å². The van der Waals surface area contributed by atoms with E-state index in [1.807, 2.05) is 6.92 Å². The van der Waals surface area contributed by atoms with E-state index in [2.05, 4.69) is 5.32 Å². The Kier molecular flexibility index (Phi) is 6.15. The van der Waals surface area contributed by atoms with E-state index in [9.17, 15) is 4.79 Å². The van der Waals surface area contributed by atoms with Gasteiger partial charge in [0.1, 0.15) is 11.5 Å². The van der Waals surface area contributed by atoms with Crippen molar-refractivity contribution in [3.8, 4) is 11.5 Å². The van der Waals surface area contributed by atoms with Crippen molar-refractivity contribution in [2.75, 3.05) is 19.5 Å². The van der Waals surface area contributed by atoms with Crippen molar-refractivity contribution in [2.24, 2.45) is 5.73 Å². The molecule has 3 N–H and O–H groups in total. The molecular formula is C14H22N2O3. The summed E-state index contributed by atoms with van der Waals surface area (Å²) in [5, 5.41) is 2.80. The number of carbonyl (C=O) groups excluding carboxylic acids is 1. The molecule has 0 aliphatic rings. The number of hydrogen-bond acceptors (Lipinski definition) is 4. The predicted octanol–water partition coefficient (Wildman–Crippen LogP) is 2.16. The van der Waals surface area contributed by atoms with E-state index >= 15 is 0 Å². The van der Waals surface area contributed by atoms with Crippen LogP contribution in [-0.2, 0) is 4.79 Å². The first-order valence-electron chi connectivity index (χ1n) is 6.37. The monoisotopic (exact) mass is 266 g/mol. The summed E-state index contributed by atoms with van der Waals surface area (Å²) in [5.74, 6) is 1.16. The minimum atomic E-state index is -0.101. The summed E-state index contributed by atoms with van der Waals surface area (Å²) in [7, 11) is 3.13. The Morgan fingerprint density at radius 1 is 1.26 bits per heavy atom. The van der Waals surface area contributed by atoms with Crippen LogP contribution in [0.25, 0.3) is 0 Å². The van der Waals surface area contributed by atoms with Gasteiger partial charge in [-0.05, 0) is 6.42 Å². The molecule has 5 heteroatoms. The Bertz CT molecular complexity index is 399. The first kappa shape index (κ1) is 15.3. The van der Waals surface area contributed by atoms with Gasteiger partial charge in [0, 0.05) is 36.3 Å². The van der Waals surface area contributed by atoms with Gasteiger partial charge < -0.3 is 20.5 Å². The maximum Gasteiger partial charge on any atom is 0.225 e. The lowest BCUT2D eigenvalue weighted by atomic mass is 10.1. The number of benzene rings is 1. The third-order valence-electron chi connectivity index (χ3n) is 2.74. The summed E-state index contributed by atoms with van der Waals surface area (Å²) < 4.78 is 10.3. The molecule has 0 aliphatic heterocycles. The van der Waals surface area contributed by atoms with Gasteiger partial charge in [-0.1, -0.05) is 13.3 Å². The molecule has 0 bridgehead atoms. The Morgan fingerprint density at radius 2 is 1.84 bits per heavy atom. The average molecular weight is 266 g/mol. The van der Waals surface area contributed by atoms with E-state index in [-0.39, 0.29) is 11.9 Å². The van der Waals surface area contributed by atoms with Crippen LogP contribution in [0.5, 0.6) is 11.5 Å². The molecule has 0 spiro atoms. The minimum Gasteiger partial charge on any atom is -0.497 e. The summed E-state index contributed by atoms with van der Waals surface area (Å²) in [6.07, 6.45) is 2.13. The number of methoxy groups -OCH3 is 2. The van der Waals surface area contributed by atoms with Crippen molar-refractivity contribution < 1.29 is 14.3 Å². The van der Waals surface area contributed by atoms with E-state index in [0.717, 1.165) is 12.8 Å². The van der Waals surface area contributed by atoms with Crippen molar-refractivity contribution in [3.63, 3.8) is 0 Å². The van der Waals surface area contributed by atoms with Gasteiger partial charge in [0.05, 0.1) is 14.2 Å². The molecule has 5 nitrogen and oxygen atoms in total. The van der Waals surface area contributed by atoms with E-state index < -0.39 is 0 Å². The van der Waals surface area contributed by atoms with Crippen LogP contribution in [0.15, 0.2) is 18.2 Å². The minimum absolute atomic E-state index is 0.0995. The van der Waals surface area contributed by atoms with Crippen LogP contribution in [0.1, 0.15) is 26.2 Å². The topological polar surface area (TPSA) is 73.6 Å². The highest BCUT2D eigenvalue weighted by Gasteiger charge is 2.10. The van der Waals surface area contributed by atoms with Gasteiger partial charge in [-0.2, -0.15) is 0 Å². The van der Waals surface area contributed by atoms with E-state index in [1.165, 1.54) is 0 Å². The third-order valence-corrected chi connectivity index (χ3v) is 2.74. The molecule has 1 amide bonds. The van der Waals surface area contributed by atoms with Gasteiger partial charge >= 0.3 is 0 Å². The third kappa shape index (κ3) is 5.18. The largest absolute Gasteiger partial charge is 0.497 e. The Hall–Kier alpha value is -1.75. The smallest absolute Gasteiger partial charge is 0.225 e. The zero-order valence-electron chi connectivity index (χ0n) is 11.7. The fourth-order valence-corrected chi connectivity index (χ4v) is 1.80. The molecule has 19 heavy (non-hydrogen) atoms. The zero-order chi connectivity index (χ0) is 14.3. The van der Waals surface area contributed by atoms with Crippen molar-refractivity contribution in [1.82, 2.24) is 0 Å². The molecule has 0 fully saturated rings. The van der Waals surface area contributed by atoms with Crippen LogP contribution in [0.4, 0.5) is 5.69 Å². The molecule has 1 unspecified atom stereocenters. The first-order valence-corrected chi connectivity index (χ1v) is 6.37. The van der Waals surface area contributed by atoms with Crippen molar-refractivity contribution in [2.45, 2.75) is 32.2 Å². The second kappa shape index (κ2) is 7.63. The van der Waals surface area contributed by atoms with Crippen molar-refractivity contribution >= 4 is 11.6 Å². The van der Waals surface area contributed by atoms with E-state index in [4.69, 9.17) is 15.2 Å². The molecule has 1 atom stereocenters. The van der Waals surface area contributed by atoms with Crippen LogP contribution >= 0.6 is 0 Å². The average Bonchev–Trinajstić information content (AvgIpc) is 2.38. The first-order chi connectivity index (χ1) is 9.08. The van der Waals surface area contributed by atoms with Gasteiger partial charge in [0.2, 0.25) is 5.91 Å². The van der Waals surface area contributed by atoms with Crippen molar-refractivity contribution in [3.05, 3.63) is 18.2 Å². The van der Waals surface area contributed by atoms with Gasteiger partial charge in [0.25, 0.3) is 0 Å². The van der Waals surface area contributed by atoms with Crippen LogP contribution in [0.2, 0.25) is 0 Å². The van der Waals surface area contributed by atoms with Crippen LogP contribution in [-0.4, -0.2) is 26.2 Å². The molecule has 0 heterocycles. The molecular weight excluding hydrogens is 244 g/mol. The second-order valence-electron chi connectivity index (χ2n) is 4.40. The number of ether oxygens (including phenoxy) is 2. The lowest BCUT2D eigenvalue weighted by molar-refractivity contribution is -0.116. The predicted molar refractivity (Wildman–Crippen MR) is 75.7 cm³/mol. The number of anilines is 1. The fraction of sp³-hybridized carbons (Fsp3) is 0.500. The molecule has 106 valence electrons. The van der Waals surface area contributed by atoms with Crippen LogP contribution < -0.4 is 20.5 Å². The molecule has 1 aromatic rings. The summed E-state index contributed by atoms with van der Waals surface area (Å²) in [6.45, 7) is 2.05. The lowest BCUT2D eigenvalue weighted by Crippen LogP contribution is -2.26. The van der Waals surface area contributed by atoms with E-state index in [1.54, 1.807) is 32.4 Å². The van der Waals surface area contributed by atoms with Gasteiger partial charge in [-0.3, -0.25) is 4.79 Å². The number of hydrogen-bond donors (Lipinski definition) is 2. The zero-order valence-corrected chi connectivity index (χ0v) is 11.7. The highest BCUT2D eigenvalue weighted by Crippen LogP contribution is 2.25. The highest BCUT2D eigenvalue weighted by atomic mass is 16.5. The number of carbonyl (C=O) groups is 1. The molecule has 0 aliphatic carbocycles. The number of rotatable bonds is 7. The molecule has 0 aromatic heterocycles. The normalized spacial score (nSPS) is 11.8. The maximum absolute atomic E-state index is 11.8. The van der Waals surface area contributed by atoms with Gasteiger partial charge in [-0.25, -0.2) is 0 Å². The Labute approximate surface area is 114 Å². The summed E-state index contributed by atoms with van der Waals surface area (Å²) in [5.41, 5.74) is 6.48. The number of nitrogens with two attached hydrogens (primary N) is 1. The van der Waals surface area contributed by atoms with Gasteiger partial charge in [0.15, 0.2) is 0 Å². The molecule has 0 radical (unpaired) electrons. The lowest BCUT2D eigenvalue weighted by Gasteiger charge is -2.12. The van der Waals surface area contributed by atoms with Gasteiger partial charge in [-0.15, -0.1) is 0 Å². The molecule has 0 saturated heterocycles. The SMILES string of the molecule is CCCC(N)CC(=O)Nc1cc(OC)cc(OC)c1. The summed E-state index contributed by atoms with van der Waals surface area (Å²) in [6, 6.07) is 5.13. The second-order valence-corrected chi connectivity index (χ2v) is 4.40. The highest BCUT2D eigenvalue weighted by molar-refractivity contribution is 5.91.